The van der Waals surface area contributed by atoms with Crippen LogP contribution in [0.15, 0.2) is 12.1 Å². The molecule has 0 aliphatic carbocycles. The average molecular weight is 308 g/mol. The Morgan fingerprint density at radius 2 is 1.82 bits per heavy atom. The first kappa shape index (κ1) is 15.6. The van der Waals surface area contributed by atoms with Crippen LogP contribution in [0.3, 0.4) is 0 Å². The van der Waals surface area contributed by atoms with Crippen LogP contribution >= 0.6 is 0 Å². The van der Waals surface area contributed by atoms with E-state index in [-0.39, 0.29) is 22.6 Å². The van der Waals surface area contributed by atoms with Crippen molar-refractivity contribution < 1.29 is 28.9 Å². The van der Waals surface area contributed by atoms with Gasteiger partial charge >= 0.3 is 11.9 Å². The lowest BCUT2D eigenvalue weighted by Crippen LogP contribution is -2.42. The Hall–Kier alpha value is -2.77. The summed E-state index contributed by atoms with van der Waals surface area (Å²) in [5, 5.41) is 18.7. The predicted octanol–water partition coefficient (Wildman–Crippen LogP) is 1.51. The molecule has 116 valence electrons. The highest BCUT2D eigenvalue weighted by Gasteiger charge is 2.47. The number of ether oxygens (including phenoxy) is 1. The van der Waals surface area contributed by atoms with E-state index in [1.54, 1.807) is 0 Å². The van der Waals surface area contributed by atoms with Crippen LogP contribution in [-0.4, -0.2) is 39.2 Å². The van der Waals surface area contributed by atoms with Crippen molar-refractivity contribution in [3.05, 3.63) is 29.2 Å². The minimum Gasteiger partial charge on any atom is -0.481 e. The van der Waals surface area contributed by atoms with Gasteiger partial charge < -0.3 is 14.9 Å². The summed E-state index contributed by atoms with van der Waals surface area (Å²) in [5.41, 5.74) is -3.13. The lowest BCUT2D eigenvalue weighted by molar-refractivity contribution is -0.156. The fraction of sp³-hybridized carbons (Fsp3) is 0.286. The second-order valence-electron chi connectivity index (χ2n) is 4.84. The number of hydrogen-bond donors (Lipinski definition) is 2. The molecule has 2 aromatic heterocycles. The lowest BCUT2D eigenvalue weighted by Gasteiger charge is -2.22. The number of nitrogens with zero attached hydrogens (tertiary/aromatic N) is 2. The molecular weight excluding hydrogens is 295 g/mol. The van der Waals surface area contributed by atoms with E-state index in [0.717, 1.165) is 6.92 Å². The summed E-state index contributed by atoms with van der Waals surface area (Å²) in [6.45, 7) is 2.24. The third-order valence-electron chi connectivity index (χ3n) is 3.48. The monoisotopic (exact) mass is 308 g/mol. The summed E-state index contributed by atoms with van der Waals surface area (Å²) in [4.78, 5) is 30.9. The van der Waals surface area contributed by atoms with Crippen molar-refractivity contribution in [2.75, 3.05) is 7.11 Å². The SMILES string of the molecule is COc1ccc2nc(C)c(F)c(C(C)(C(=O)O)C(=O)O)c2n1. The van der Waals surface area contributed by atoms with Gasteiger partial charge in [-0.05, 0) is 19.9 Å². The Labute approximate surface area is 124 Å². The van der Waals surface area contributed by atoms with E-state index in [1.807, 2.05) is 0 Å². The lowest BCUT2D eigenvalue weighted by atomic mass is 9.81. The van der Waals surface area contributed by atoms with Crippen molar-refractivity contribution in [1.29, 1.82) is 0 Å². The first-order valence-corrected chi connectivity index (χ1v) is 6.21. The molecule has 0 radical (unpaired) electrons. The largest absolute Gasteiger partial charge is 0.481 e. The third-order valence-corrected chi connectivity index (χ3v) is 3.48. The Bertz CT molecular complexity index is 776. The number of pyridine rings is 2. The molecule has 7 nitrogen and oxygen atoms in total. The topological polar surface area (TPSA) is 110 Å². The van der Waals surface area contributed by atoms with Gasteiger partial charge in [0.25, 0.3) is 0 Å². The summed E-state index contributed by atoms with van der Waals surface area (Å²) in [5.74, 6) is -4.32. The van der Waals surface area contributed by atoms with Crippen LogP contribution < -0.4 is 4.74 Å². The minimum atomic E-state index is -2.50. The van der Waals surface area contributed by atoms with Gasteiger partial charge in [-0.1, -0.05) is 0 Å². The van der Waals surface area contributed by atoms with Crippen LogP contribution in [0.1, 0.15) is 18.2 Å². The van der Waals surface area contributed by atoms with Crippen LogP contribution in [0.4, 0.5) is 4.39 Å². The number of aryl methyl sites for hydroxylation is 1. The number of fused-ring (bicyclic) bond motifs is 1. The highest BCUT2D eigenvalue weighted by molar-refractivity contribution is 6.07. The fourth-order valence-corrected chi connectivity index (χ4v) is 2.10. The molecule has 0 saturated carbocycles. The first-order valence-electron chi connectivity index (χ1n) is 6.21. The molecule has 2 heterocycles. The standard InChI is InChI=1S/C14H13FN2O5/c1-6-10(15)9(14(2,12(18)19)13(20)21)11-7(16-6)4-5-8(17-11)22-3/h4-5H,1-3H3,(H,18,19)(H,20,21). The maximum Gasteiger partial charge on any atom is 0.325 e. The predicted molar refractivity (Wildman–Crippen MR) is 73.4 cm³/mol. The van der Waals surface area contributed by atoms with Crippen molar-refractivity contribution in [1.82, 2.24) is 9.97 Å². The Morgan fingerprint density at radius 1 is 1.23 bits per heavy atom. The van der Waals surface area contributed by atoms with Gasteiger partial charge in [-0.2, -0.15) is 0 Å². The molecule has 0 saturated heterocycles. The van der Waals surface area contributed by atoms with E-state index in [9.17, 15) is 24.2 Å². The quantitative estimate of drug-likeness (QED) is 0.824. The number of methoxy groups -OCH3 is 1. The van der Waals surface area contributed by atoms with E-state index in [2.05, 4.69) is 9.97 Å². The zero-order valence-corrected chi connectivity index (χ0v) is 12.0. The molecule has 0 amide bonds. The number of aromatic nitrogens is 2. The van der Waals surface area contributed by atoms with Crippen molar-refractivity contribution in [2.45, 2.75) is 19.3 Å². The van der Waals surface area contributed by atoms with Crippen LogP contribution in [-0.2, 0) is 15.0 Å². The number of carbonyl (C=O) groups is 2. The van der Waals surface area contributed by atoms with Gasteiger partial charge in [0, 0.05) is 11.6 Å². The van der Waals surface area contributed by atoms with Crippen LogP contribution in [0.2, 0.25) is 0 Å². The Balaban J connectivity index is 3.00. The molecule has 0 aromatic carbocycles. The van der Waals surface area contributed by atoms with Gasteiger partial charge in [0.1, 0.15) is 5.52 Å². The van der Waals surface area contributed by atoms with Gasteiger partial charge in [0.15, 0.2) is 11.2 Å². The zero-order valence-electron chi connectivity index (χ0n) is 12.0. The maximum absolute atomic E-state index is 14.5. The van der Waals surface area contributed by atoms with Gasteiger partial charge in [0.2, 0.25) is 5.88 Å². The Morgan fingerprint density at radius 3 is 2.32 bits per heavy atom. The fourth-order valence-electron chi connectivity index (χ4n) is 2.10. The molecule has 0 fully saturated rings. The molecule has 0 aliphatic rings. The van der Waals surface area contributed by atoms with E-state index in [4.69, 9.17) is 4.74 Å². The summed E-state index contributed by atoms with van der Waals surface area (Å²) in [6, 6.07) is 2.93. The highest BCUT2D eigenvalue weighted by atomic mass is 19.1. The zero-order chi connectivity index (χ0) is 16.7. The normalized spacial score (nSPS) is 11.5. The van der Waals surface area contributed by atoms with Crippen molar-refractivity contribution in [2.24, 2.45) is 0 Å². The molecular formula is C14H13FN2O5. The molecule has 0 bridgehead atoms. The average Bonchev–Trinajstić information content (AvgIpc) is 2.47. The molecule has 0 atom stereocenters. The maximum atomic E-state index is 14.5. The van der Waals surface area contributed by atoms with Crippen molar-refractivity contribution >= 4 is 23.0 Å². The molecule has 0 aliphatic heterocycles. The summed E-state index contributed by atoms with van der Waals surface area (Å²) < 4.78 is 19.4. The van der Waals surface area contributed by atoms with Gasteiger partial charge in [0.05, 0.1) is 18.3 Å². The number of hydrogen-bond acceptors (Lipinski definition) is 5. The third kappa shape index (κ3) is 2.12. The second-order valence-corrected chi connectivity index (χ2v) is 4.84. The molecule has 0 spiro atoms. The van der Waals surface area contributed by atoms with Crippen LogP contribution in [0.5, 0.6) is 5.88 Å². The summed E-state index contributed by atoms with van der Waals surface area (Å²) in [7, 11) is 1.33. The van der Waals surface area contributed by atoms with Gasteiger partial charge in [-0.3, -0.25) is 9.59 Å². The number of carboxylic acid groups (broad SMARTS) is 2. The molecule has 2 rings (SSSR count). The minimum absolute atomic E-state index is 0.0944. The van der Waals surface area contributed by atoms with E-state index in [0.29, 0.717) is 0 Å². The van der Waals surface area contributed by atoms with E-state index >= 15 is 0 Å². The number of rotatable bonds is 4. The van der Waals surface area contributed by atoms with E-state index < -0.39 is 28.7 Å². The van der Waals surface area contributed by atoms with Crippen molar-refractivity contribution in [3.8, 4) is 5.88 Å². The summed E-state index contributed by atoms with van der Waals surface area (Å²) >= 11 is 0. The number of aliphatic carboxylic acids is 2. The van der Waals surface area contributed by atoms with Gasteiger partial charge in [-0.15, -0.1) is 0 Å². The smallest absolute Gasteiger partial charge is 0.325 e. The molecule has 0 unspecified atom stereocenters. The van der Waals surface area contributed by atoms with E-state index in [1.165, 1.54) is 26.2 Å². The van der Waals surface area contributed by atoms with Gasteiger partial charge in [-0.25, -0.2) is 14.4 Å². The molecule has 8 heteroatoms. The number of halogens is 1. The Kier molecular flexibility index (Phi) is 3.70. The van der Waals surface area contributed by atoms with Crippen LogP contribution in [0, 0.1) is 12.7 Å². The molecule has 2 aromatic rings. The van der Waals surface area contributed by atoms with Crippen molar-refractivity contribution in [3.63, 3.8) is 0 Å². The number of carboxylic acids is 2. The second kappa shape index (κ2) is 5.21. The highest BCUT2D eigenvalue weighted by Crippen LogP contribution is 2.34. The summed E-state index contributed by atoms with van der Waals surface area (Å²) in [6.07, 6.45) is 0. The molecule has 22 heavy (non-hydrogen) atoms. The first-order chi connectivity index (χ1) is 10.2. The molecule has 2 N–H and O–H groups in total. The van der Waals surface area contributed by atoms with Crippen LogP contribution in [0.25, 0.3) is 11.0 Å².